The Morgan fingerprint density at radius 3 is 1.85 bits per heavy atom. The minimum Gasteiger partial charge on any atom is -0.410 e. The monoisotopic (exact) mass is 436 g/mol. The van der Waals surface area contributed by atoms with Crippen LogP contribution in [0.2, 0.25) is 0 Å². The van der Waals surface area contributed by atoms with Crippen molar-refractivity contribution in [2.45, 2.75) is 12.5 Å². The molecular formula is C28H24N2O3. The van der Waals surface area contributed by atoms with Crippen LogP contribution in [-0.4, -0.2) is 18.0 Å². The Hall–Kier alpha value is -4.38. The van der Waals surface area contributed by atoms with Crippen LogP contribution in [0.25, 0.3) is 11.1 Å². The molecule has 0 aromatic heterocycles. The van der Waals surface area contributed by atoms with Crippen LogP contribution in [0.1, 0.15) is 5.56 Å². The van der Waals surface area contributed by atoms with Gasteiger partial charge in [0.25, 0.3) is 0 Å². The summed E-state index contributed by atoms with van der Waals surface area (Å²) in [5.41, 5.74) is 3.73. The van der Waals surface area contributed by atoms with E-state index in [2.05, 4.69) is 10.6 Å². The van der Waals surface area contributed by atoms with Crippen LogP contribution < -0.4 is 15.4 Å². The highest BCUT2D eigenvalue weighted by Gasteiger charge is 2.22. The molecule has 0 aliphatic heterocycles. The van der Waals surface area contributed by atoms with E-state index in [4.69, 9.17) is 4.74 Å². The average Bonchev–Trinajstić information content (AvgIpc) is 2.86. The van der Waals surface area contributed by atoms with Gasteiger partial charge in [-0.3, -0.25) is 4.79 Å². The average molecular weight is 437 g/mol. The lowest BCUT2D eigenvalue weighted by Crippen LogP contribution is -2.46. The summed E-state index contributed by atoms with van der Waals surface area (Å²) >= 11 is 0. The molecule has 4 aromatic rings. The van der Waals surface area contributed by atoms with Gasteiger partial charge in [0.05, 0.1) is 0 Å². The standard InChI is InChI=1S/C28H24N2O3/c31-27(29-24-18-16-23(17-19-24)22-12-6-2-7-13-22)26(20-21-10-4-1-5-11-21)30-28(32)33-25-14-8-3-9-15-25/h1-19,26H,20H2,(H,29,31)(H,30,32)/t26-/m0/s1. The van der Waals surface area contributed by atoms with E-state index in [0.717, 1.165) is 16.7 Å². The van der Waals surface area contributed by atoms with Gasteiger partial charge in [-0.2, -0.15) is 0 Å². The SMILES string of the molecule is O=C(N[C@@H](Cc1ccccc1)C(=O)Nc1ccc(-c2ccccc2)cc1)Oc1ccccc1. The molecule has 2 N–H and O–H groups in total. The Kier molecular flexibility index (Phi) is 7.13. The Bertz CT molecular complexity index is 1180. The van der Waals surface area contributed by atoms with Gasteiger partial charge in [-0.1, -0.05) is 91.0 Å². The summed E-state index contributed by atoms with van der Waals surface area (Å²) in [5.74, 6) is 0.0849. The Morgan fingerprint density at radius 2 is 1.21 bits per heavy atom. The van der Waals surface area contributed by atoms with Crippen molar-refractivity contribution in [1.82, 2.24) is 5.32 Å². The van der Waals surface area contributed by atoms with Crippen LogP contribution in [0.4, 0.5) is 10.5 Å². The molecule has 0 spiro atoms. The lowest BCUT2D eigenvalue weighted by atomic mass is 10.0. The molecule has 5 heteroatoms. The van der Waals surface area contributed by atoms with Crippen molar-refractivity contribution in [2.75, 3.05) is 5.32 Å². The molecule has 33 heavy (non-hydrogen) atoms. The van der Waals surface area contributed by atoms with E-state index in [0.29, 0.717) is 17.9 Å². The molecule has 4 aromatic carbocycles. The highest BCUT2D eigenvalue weighted by Crippen LogP contribution is 2.21. The highest BCUT2D eigenvalue weighted by atomic mass is 16.6. The van der Waals surface area contributed by atoms with Crippen LogP contribution in [-0.2, 0) is 11.2 Å². The smallest absolute Gasteiger partial charge is 0.410 e. The first-order chi connectivity index (χ1) is 16.2. The number of ether oxygens (including phenoxy) is 1. The molecule has 0 bridgehead atoms. The fourth-order valence-corrected chi connectivity index (χ4v) is 3.43. The van der Waals surface area contributed by atoms with Gasteiger partial charge in [0.1, 0.15) is 11.8 Å². The molecule has 164 valence electrons. The first-order valence-electron chi connectivity index (χ1n) is 10.7. The number of para-hydroxylation sites is 1. The number of nitrogens with one attached hydrogen (secondary N) is 2. The van der Waals surface area contributed by atoms with Crippen molar-refractivity contribution in [3.05, 3.63) is 121 Å². The first kappa shape index (κ1) is 21.8. The van der Waals surface area contributed by atoms with Gasteiger partial charge in [0.2, 0.25) is 5.91 Å². The van der Waals surface area contributed by atoms with Gasteiger partial charge in [0, 0.05) is 12.1 Å². The zero-order chi connectivity index (χ0) is 22.9. The highest BCUT2D eigenvalue weighted by molar-refractivity contribution is 5.97. The van der Waals surface area contributed by atoms with E-state index in [9.17, 15) is 9.59 Å². The second-order valence-corrected chi connectivity index (χ2v) is 7.52. The van der Waals surface area contributed by atoms with Crippen molar-refractivity contribution in [3.63, 3.8) is 0 Å². The predicted molar refractivity (Wildman–Crippen MR) is 130 cm³/mol. The molecule has 0 aliphatic carbocycles. The van der Waals surface area contributed by atoms with Crippen molar-refractivity contribution < 1.29 is 14.3 Å². The Labute approximate surface area is 193 Å². The summed E-state index contributed by atoms with van der Waals surface area (Å²) < 4.78 is 5.32. The lowest BCUT2D eigenvalue weighted by molar-refractivity contribution is -0.118. The molecule has 4 rings (SSSR count). The summed E-state index contributed by atoms with van der Waals surface area (Å²) in [6.07, 6.45) is -0.352. The molecule has 0 heterocycles. The fraction of sp³-hybridized carbons (Fsp3) is 0.0714. The lowest BCUT2D eigenvalue weighted by Gasteiger charge is -2.18. The van der Waals surface area contributed by atoms with Crippen molar-refractivity contribution in [1.29, 1.82) is 0 Å². The maximum absolute atomic E-state index is 13.1. The summed E-state index contributed by atoms with van der Waals surface area (Å²) in [6, 6.07) is 35.1. The quantitative estimate of drug-likeness (QED) is 0.391. The number of amides is 2. The van der Waals surface area contributed by atoms with Crippen molar-refractivity contribution in [3.8, 4) is 16.9 Å². The number of rotatable bonds is 7. The molecule has 0 aliphatic rings. The second-order valence-electron chi connectivity index (χ2n) is 7.52. The van der Waals surface area contributed by atoms with Gasteiger partial charge in [0.15, 0.2) is 0 Å². The van der Waals surface area contributed by atoms with E-state index >= 15 is 0 Å². The molecule has 1 atom stereocenters. The summed E-state index contributed by atoms with van der Waals surface area (Å²) in [6.45, 7) is 0. The number of hydrogen-bond acceptors (Lipinski definition) is 3. The molecule has 0 saturated carbocycles. The van der Waals surface area contributed by atoms with Crippen LogP contribution in [0.3, 0.4) is 0 Å². The molecular weight excluding hydrogens is 412 g/mol. The van der Waals surface area contributed by atoms with E-state index in [1.54, 1.807) is 24.3 Å². The summed E-state index contributed by atoms with van der Waals surface area (Å²) in [4.78, 5) is 25.5. The fourth-order valence-electron chi connectivity index (χ4n) is 3.43. The number of carbonyl (C=O) groups excluding carboxylic acids is 2. The minimum absolute atomic E-state index is 0.323. The van der Waals surface area contributed by atoms with Crippen LogP contribution >= 0.6 is 0 Å². The second kappa shape index (κ2) is 10.8. The molecule has 5 nitrogen and oxygen atoms in total. The third-order valence-corrected chi connectivity index (χ3v) is 5.10. The van der Waals surface area contributed by atoms with E-state index in [1.165, 1.54) is 0 Å². The topological polar surface area (TPSA) is 67.4 Å². The predicted octanol–water partition coefficient (Wildman–Crippen LogP) is 5.69. The molecule has 0 unspecified atom stereocenters. The first-order valence-corrected chi connectivity index (χ1v) is 10.7. The van der Waals surface area contributed by atoms with Crippen molar-refractivity contribution >= 4 is 17.7 Å². The molecule has 0 saturated heterocycles. The van der Waals surface area contributed by atoms with E-state index in [-0.39, 0.29) is 5.91 Å². The van der Waals surface area contributed by atoms with Gasteiger partial charge in [-0.05, 0) is 41.0 Å². The number of carbonyl (C=O) groups is 2. The Morgan fingerprint density at radius 1 is 0.667 bits per heavy atom. The molecule has 2 amide bonds. The Balaban J connectivity index is 1.46. The maximum atomic E-state index is 13.1. The number of hydrogen-bond donors (Lipinski definition) is 2. The van der Waals surface area contributed by atoms with Gasteiger partial charge >= 0.3 is 6.09 Å². The zero-order valence-corrected chi connectivity index (χ0v) is 18.0. The minimum atomic E-state index is -0.808. The zero-order valence-electron chi connectivity index (χ0n) is 18.0. The maximum Gasteiger partial charge on any atom is 0.413 e. The summed E-state index contributed by atoms with van der Waals surface area (Å²) in [7, 11) is 0. The van der Waals surface area contributed by atoms with E-state index < -0.39 is 12.1 Å². The largest absolute Gasteiger partial charge is 0.413 e. The van der Waals surface area contributed by atoms with E-state index in [1.807, 2.05) is 91.0 Å². The van der Waals surface area contributed by atoms with Crippen LogP contribution in [0.15, 0.2) is 115 Å². The van der Waals surface area contributed by atoms with Gasteiger partial charge < -0.3 is 15.4 Å². The normalized spacial score (nSPS) is 11.3. The van der Waals surface area contributed by atoms with Gasteiger partial charge in [-0.15, -0.1) is 0 Å². The summed E-state index contributed by atoms with van der Waals surface area (Å²) in [5, 5.41) is 5.60. The van der Waals surface area contributed by atoms with Gasteiger partial charge in [-0.25, -0.2) is 4.79 Å². The van der Waals surface area contributed by atoms with Crippen LogP contribution in [0.5, 0.6) is 5.75 Å². The van der Waals surface area contributed by atoms with Crippen molar-refractivity contribution in [2.24, 2.45) is 0 Å². The third kappa shape index (κ3) is 6.31. The number of anilines is 1. The third-order valence-electron chi connectivity index (χ3n) is 5.10. The molecule has 0 fully saturated rings. The van der Waals surface area contributed by atoms with Crippen LogP contribution in [0, 0.1) is 0 Å². The number of benzene rings is 4. The molecule has 0 radical (unpaired) electrons.